The van der Waals surface area contributed by atoms with Crippen molar-refractivity contribution in [3.63, 3.8) is 0 Å². The zero-order chi connectivity index (χ0) is 8.10. The van der Waals surface area contributed by atoms with Crippen LogP contribution < -0.4 is 5.32 Å². The first kappa shape index (κ1) is 12.1. The van der Waals surface area contributed by atoms with Crippen LogP contribution in [0, 0.1) is 0 Å². The van der Waals surface area contributed by atoms with E-state index in [4.69, 9.17) is 5.11 Å². The minimum Gasteiger partial charge on any atom is -0.480 e. The smallest absolute Gasteiger partial charge is 0.322 e. The van der Waals surface area contributed by atoms with Crippen molar-refractivity contribution in [1.82, 2.24) is 0 Å². The van der Waals surface area contributed by atoms with Gasteiger partial charge in [0.25, 0.3) is 0 Å². The summed E-state index contributed by atoms with van der Waals surface area (Å²) in [5.74, 6) is -0.853. The van der Waals surface area contributed by atoms with E-state index in [1.54, 1.807) is 0 Å². The van der Waals surface area contributed by atoms with Gasteiger partial charge in [-0.3, -0.25) is 4.79 Å². The van der Waals surface area contributed by atoms with Crippen LogP contribution in [0.5, 0.6) is 0 Å². The second-order valence-electron chi connectivity index (χ2n) is 2.11. The number of anilines is 1. The van der Waals surface area contributed by atoms with E-state index < -0.39 is 5.97 Å². The van der Waals surface area contributed by atoms with Crippen molar-refractivity contribution in [1.29, 1.82) is 0 Å². The molecule has 2 N–H and O–H groups in total. The van der Waals surface area contributed by atoms with Gasteiger partial charge in [-0.05, 0) is 12.1 Å². The van der Waals surface area contributed by atoms with Crippen LogP contribution in [-0.2, 0) is 4.79 Å². The summed E-state index contributed by atoms with van der Waals surface area (Å²) in [6.45, 7) is -0.0377. The number of aliphatic carboxylic acids is 1. The third-order valence-electron chi connectivity index (χ3n) is 1.22. The summed E-state index contributed by atoms with van der Waals surface area (Å²) in [5.41, 5.74) is 0.829. The zero-order valence-electron chi connectivity index (χ0n) is 6.95. The van der Waals surface area contributed by atoms with Gasteiger partial charge < -0.3 is 10.4 Å². The Labute approximate surface area is 114 Å². The van der Waals surface area contributed by atoms with Crippen LogP contribution in [0.25, 0.3) is 0 Å². The zero-order valence-corrected chi connectivity index (χ0v) is 10.1. The van der Waals surface area contributed by atoms with Gasteiger partial charge in [-0.1, -0.05) is 18.2 Å². The van der Waals surface area contributed by atoms with E-state index in [1.807, 2.05) is 30.3 Å². The Balaban J connectivity index is 0.00000121. The molecule has 0 heterocycles. The Morgan fingerprint density at radius 3 is 2.42 bits per heavy atom. The Bertz CT molecular complexity index is 238. The molecule has 0 unspecified atom stereocenters. The first-order valence-corrected chi connectivity index (χ1v) is 3.30. The predicted molar refractivity (Wildman–Crippen MR) is 48.3 cm³/mol. The van der Waals surface area contributed by atoms with Crippen molar-refractivity contribution in [2.45, 2.75) is 0 Å². The number of benzene rings is 1. The van der Waals surface area contributed by atoms with Gasteiger partial charge in [0, 0.05) is 57.1 Å². The molecule has 4 heteroatoms. The van der Waals surface area contributed by atoms with Crippen molar-refractivity contribution >= 4 is 63.0 Å². The summed E-state index contributed by atoms with van der Waals surface area (Å²) in [4.78, 5) is 10.1. The molecular formula is C8H9KNO2. The van der Waals surface area contributed by atoms with Crippen LogP contribution in [0.15, 0.2) is 30.3 Å². The van der Waals surface area contributed by atoms with Gasteiger partial charge in [0.2, 0.25) is 0 Å². The number of para-hydroxylation sites is 1. The number of carboxylic acids is 1. The van der Waals surface area contributed by atoms with Crippen LogP contribution in [-0.4, -0.2) is 69.0 Å². The molecule has 1 aromatic carbocycles. The van der Waals surface area contributed by atoms with E-state index in [1.165, 1.54) is 0 Å². The summed E-state index contributed by atoms with van der Waals surface area (Å²) in [6, 6.07) is 9.23. The largest absolute Gasteiger partial charge is 0.480 e. The summed E-state index contributed by atoms with van der Waals surface area (Å²) < 4.78 is 0. The van der Waals surface area contributed by atoms with Gasteiger partial charge in [-0.15, -0.1) is 0 Å². The normalized spacial score (nSPS) is 8.33. The summed E-state index contributed by atoms with van der Waals surface area (Å²) in [7, 11) is 0. The quantitative estimate of drug-likeness (QED) is 0.693. The Hall–Kier alpha value is 0.126. The molecule has 0 atom stereocenters. The minimum absolute atomic E-state index is 0. The number of hydrogen-bond acceptors (Lipinski definition) is 2. The fourth-order valence-corrected chi connectivity index (χ4v) is 0.734. The molecule has 0 saturated heterocycles. The third-order valence-corrected chi connectivity index (χ3v) is 1.22. The van der Waals surface area contributed by atoms with Crippen molar-refractivity contribution in [2.24, 2.45) is 0 Å². The maximum atomic E-state index is 10.1. The van der Waals surface area contributed by atoms with Gasteiger partial charge in [0.1, 0.15) is 6.54 Å². The van der Waals surface area contributed by atoms with Crippen LogP contribution in [0.3, 0.4) is 0 Å². The molecular weight excluding hydrogens is 181 g/mol. The van der Waals surface area contributed by atoms with Crippen molar-refractivity contribution in [3.8, 4) is 0 Å². The molecule has 12 heavy (non-hydrogen) atoms. The van der Waals surface area contributed by atoms with Gasteiger partial charge >= 0.3 is 5.97 Å². The third kappa shape index (κ3) is 4.90. The molecule has 0 saturated carbocycles. The minimum atomic E-state index is -0.853. The van der Waals surface area contributed by atoms with E-state index in [2.05, 4.69) is 5.32 Å². The first-order valence-electron chi connectivity index (χ1n) is 3.30. The molecule has 0 bridgehead atoms. The number of carboxylic acid groups (broad SMARTS) is 1. The van der Waals surface area contributed by atoms with Crippen LogP contribution in [0.4, 0.5) is 5.69 Å². The molecule has 0 amide bonds. The van der Waals surface area contributed by atoms with Crippen LogP contribution in [0.1, 0.15) is 0 Å². The second kappa shape index (κ2) is 6.62. The van der Waals surface area contributed by atoms with Crippen molar-refractivity contribution in [2.75, 3.05) is 11.9 Å². The molecule has 0 spiro atoms. The fourth-order valence-electron chi connectivity index (χ4n) is 0.734. The van der Waals surface area contributed by atoms with Gasteiger partial charge in [0.15, 0.2) is 0 Å². The Morgan fingerprint density at radius 2 is 1.92 bits per heavy atom. The maximum Gasteiger partial charge on any atom is 0.322 e. The molecule has 0 aromatic heterocycles. The topological polar surface area (TPSA) is 49.3 Å². The number of rotatable bonds is 3. The molecule has 1 aromatic rings. The average molecular weight is 190 g/mol. The summed E-state index contributed by atoms with van der Waals surface area (Å²) in [5, 5.41) is 11.1. The first-order chi connectivity index (χ1) is 5.29. The molecule has 1 rings (SSSR count). The summed E-state index contributed by atoms with van der Waals surface area (Å²) >= 11 is 0. The standard InChI is InChI=1S/C8H9NO2.K/c10-8(11)6-9-7-4-2-1-3-5-7;/h1-5,9H,6H2,(H,10,11);. The van der Waals surface area contributed by atoms with Gasteiger partial charge in [0.05, 0.1) is 0 Å². The Kier molecular flexibility index (Phi) is 6.69. The number of hydrogen-bond donors (Lipinski definition) is 2. The van der Waals surface area contributed by atoms with Gasteiger partial charge in [-0.2, -0.15) is 0 Å². The van der Waals surface area contributed by atoms with Crippen molar-refractivity contribution < 1.29 is 9.90 Å². The molecule has 3 nitrogen and oxygen atoms in total. The predicted octanol–water partition coefficient (Wildman–Crippen LogP) is 0.802. The van der Waals surface area contributed by atoms with Crippen LogP contribution >= 0.6 is 0 Å². The average Bonchev–Trinajstić information content (AvgIpc) is 2.03. The molecule has 59 valence electrons. The number of carbonyl (C=O) groups is 1. The monoisotopic (exact) mass is 190 g/mol. The molecule has 0 fully saturated rings. The SMILES string of the molecule is O=C(O)CNc1ccccc1.[K]. The van der Waals surface area contributed by atoms with E-state index in [9.17, 15) is 4.79 Å². The molecule has 1 radical (unpaired) electrons. The van der Waals surface area contributed by atoms with E-state index in [0.717, 1.165) is 5.69 Å². The van der Waals surface area contributed by atoms with Gasteiger partial charge in [-0.25, -0.2) is 0 Å². The molecule has 0 aliphatic rings. The number of nitrogens with one attached hydrogen (secondary N) is 1. The Morgan fingerprint density at radius 1 is 1.33 bits per heavy atom. The maximum absolute atomic E-state index is 10.1. The molecule has 0 aliphatic heterocycles. The fraction of sp³-hybridized carbons (Fsp3) is 0.125. The van der Waals surface area contributed by atoms with Crippen molar-refractivity contribution in [3.05, 3.63) is 30.3 Å². The van der Waals surface area contributed by atoms with E-state index >= 15 is 0 Å². The molecule has 0 aliphatic carbocycles. The van der Waals surface area contributed by atoms with E-state index in [-0.39, 0.29) is 57.9 Å². The second-order valence-corrected chi connectivity index (χ2v) is 2.11. The summed E-state index contributed by atoms with van der Waals surface area (Å²) in [6.07, 6.45) is 0. The van der Waals surface area contributed by atoms with E-state index in [0.29, 0.717) is 0 Å². The van der Waals surface area contributed by atoms with Crippen LogP contribution in [0.2, 0.25) is 0 Å².